The summed E-state index contributed by atoms with van der Waals surface area (Å²) >= 11 is 0. The zero-order valence-corrected chi connectivity index (χ0v) is 12.6. The van der Waals surface area contributed by atoms with Crippen molar-refractivity contribution in [3.05, 3.63) is 35.9 Å². The molecule has 1 saturated heterocycles. The van der Waals surface area contributed by atoms with E-state index in [1.807, 2.05) is 6.07 Å². The maximum absolute atomic E-state index is 11.0. The van der Waals surface area contributed by atoms with Crippen LogP contribution in [0.2, 0.25) is 0 Å². The van der Waals surface area contributed by atoms with Gasteiger partial charge in [-0.3, -0.25) is 0 Å². The van der Waals surface area contributed by atoms with Crippen molar-refractivity contribution in [2.45, 2.75) is 32.2 Å². The normalized spacial score (nSPS) is 24.8. The van der Waals surface area contributed by atoms with Crippen LogP contribution in [0.25, 0.3) is 0 Å². The van der Waals surface area contributed by atoms with E-state index >= 15 is 0 Å². The van der Waals surface area contributed by atoms with Crippen LogP contribution in [-0.2, 0) is 0 Å². The Kier molecular flexibility index (Phi) is 3.89. The molecule has 1 heterocycles. The van der Waals surface area contributed by atoms with Gasteiger partial charge in [0.15, 0.2) is 0 Å². The van der Waals surface area contributed by atoms with Crippen LogP contribution in [-0.4, -0.2) is 35.7 Å². The first-order valence-electron chi connectivity index (χ1n) is 7.87. The topological polar surface area (TPSA) is 52.6 Å². The zero-order chi connectivity index (χ0) is 14.9. The van der Waals surface area contributed by atoms with Gasteiger partial charge in [-0.1, -0.05) is 30.3 Å². The Morgan fingerprint density at radius 3 is 2.67 bits per heavy atom. The second-order valence-electron chi connectivity index (χ2n) is 6.57. The lowest BCUT2D eigenvalue weighted by Crippen LogP contribution is -2.39. The molecule has 2 fully saturated rings. The maximum Gasteiger partial charge on any atom is 0.407 e. The summed E-state index contributed by atoms with van der Waals surface area (Å²) in [6.45, 7) is 4.67. The van der Waals surface area contributed by atoms with E-state index in [1.165, 1.54) is 12.0 Å². The van der Waals surface area contributed by atoms with Gasteiger partial charge in [-0.15, -0.1) is 0 Å². The quantitative estimate of drug-likeness (QED) is 0.895. The Morgan fingerprint density at radius 2 is 2.05 bits per heavy atom. The van der Waals surface area contributed by atoms with E-state index < -0.39 is 6.09 Å². The number of benzene rings is 1. The molecule has 2 atom stereocenters. The molecule has 1 aromatic rings. The highest BCUT2D eigenvalue weighted by molar-refractivity contribution is 5.65. The second-order valence-corrected chi connectivity index (χ2v) is 6.57. The van der Waals surface area contributed by atoms with Gasteiger partial charge in [-0.25, -0.2) is 4.79 Å². The van der Waals surface area contributed by atoms with E-state index in [-0.39, 0.29) is 0 Å². The highest BCUT2D eigenvalue weighted by Crippen LogP contribution is 2.59. The Bertz CT molecular complexity index is 495. The Labute approximate surface area is 126 Å². The molecule has 1 spiro atoms. The van der Waals surface area contributed by atoms with Crippen LogP contribution in [0.5, 0.6) is 0 Å². The molecular formula is C17H24N2O2. The van der Waals surface area contributed by atoms with E-state index in [4.69, 9.17) is 5.11 Å². The summed E-state index contributed by atoms with van der Waals surface area (Å²) in [5.74, 6) is 0.722. The van der Waals surface area contributed by atoms with Gasteiger partial charge in [0.05, 0.1) is 0 Å². The van der Waals surface area contributed by atoms with E-state index in [2.05, 4.69) is 36.5 Å². The Balaban J connectivity index is 1.46. The van der Waals surface area contributed by atoms with Gasteiger partial charge >= 0.3 is 6.09 Å². The van der Waals surface area contributed by atoms with Crippen molar-refractivity contribution in [1.29, 1.82) is 0 Å². The van der Waals surface area contributed by atoms with Gasteiger partial charge in [0.2, 0.25) is 0 Å². The lowest BCUT2D eigenvalue weighted by Gasteiger charge is -2.31. The fourth-order valence-corrected chi connectivity index (χ4v) is 3.65. The van der Waals surface area contributed by atoms with E-state index in [9.17, 15) is 4.79 Å². The number of piperidine rings is 1. The summed E-state index contributed by atoms with van der Waals surface area (Å²) in [6.07, 6.45) is 2.56. The molecule has 2 N–H and O–H groups in total. The summed E-state index contributed by atoms with van der Waals surface area (Å²) in [4.78, 5) is 12.5. The van der Waals surface area contributed by atoms with Gasteiger partial charge in [0.1, 0.15) is 0 Å². The summed E-state index contributed by atoms with van der Waals surface area (Å²) in [7, 11) is 0. The summed E-state index contributed by atoms with van der Waals surface area (Å²) < 4.78 is 0. The van der Waals surface area contributed by atoms with E-state index in [1.54, 1.807) is 4.90 Å². The fraction of sp³-hybridized carbons (Fsp3) is 0.588. The standard InChI is InChI=1S/C17H24N2O2/c1-13(14-5-3-2-4-6-14)18-12-15-11-17(15)7-9-19(10-8-17)16(20)21/h2-6,13,15,18H,7-12H2,1H3,(H,20,21)/t13-,15+/m0/s1. The van der Waals surface area contributed by atoms with Crippen LogP contribution >= 0.6 is 0 Å². The van der Waals surface area contributed by atoms with E-state index in [0.717, 1.165) is 25.3 Å². The summed E-state index contributed by atoms with van der Waals surface area (Å²) in [5.41, 5.74) is 1.75. The second kappa shape index (κ2) is 5.68. The SMILES string of the molecule is C[C@H](NC[C@H]1CC12CCN(C(=O)O)CC2)c1ccccc1. The number of amides is 1. The molecular weight excluding hydrogens is 264 g/mol. The first-order chi connectivity index (χ1) is 10.1. The Morgan fingerprint density at radius 1 is 1.38 bits per heavy atom. The van der Waals surface area contributed by atoms with Crippen LogP contribution in [0, 0.1) is 11.3 Å². The Hall–Kier alpha value is -1.55. The molecule has 1 amide bonds. The van der Waals surface area contributed by atoms with Crippen LogP contribution < -0.4 is 5.32 Å². The number of hydrogen-bond acceptors (Lipinski definition) is 2. The molecule has 4 heteroatoms. The van der Waals surface area contributed by atoms with Crippen molar-refractivity contribution in [2.24, 2.45) is 11.3 Å². The van der Waals surface area contributed by atoms with Gasteiger partial charge in [0, 0.05) is 19.1 Å². The molecule has 1 aliphatic carbocycles. The third-order valence-corrected chi connectivity index (χ3v) is 5.36. The number of hydrogen-bond donors (Lipinski definition) is 2. The minimum atomic E-state index is -0.766. The molecule has 21 heavy (non-hydrogen) atoms. The number of carboxylic acid groups (broad SMARTS) is 1. The molecule has 0 aromatic heterocycles. The monoisotopic (exact) mass is 288 g/mol. The van der Waals surface area contributed by atoms with Crippen molar-refractivity contribution < 1.29 is 9.90 Å². The number of rotatable bonds is 4. The van der Waals surface area contributed by atoms with Crippen molar-refractivity contribution in [1.82, 2.24) is 10.2 Å². The molecule has 4 nitrogen and oxygen atoms in total. The predicted molar refractivity (Wildman–Crippen MR) is 82.2 cm³/mol. The number of carbonyl (C=O) groups is 1. The number of nitrogens with one attached hydrogen (secondary N) is 1. The minimum absolute atomic E-state index is 0.378. The maximum atomic E-state index is 11.0. The van der Waals surface area contributed by atoms with Gasteiger partial charge in [-0.05, 0) is 49.6 Å². The largest absolute Gasteiger partial charge is 0.465 e. The molecule has 0 unspecified atom stereocenters. The third-order valence-electron chi connectivity index (χ3n) is 5.36. The van der Waals surface area contributed by atoms with Crippen LogP contribution in [0.3, 0.4) is 0 Å². The van der Waals surface area contributed by atoms with Gasteiger partial charge in [-0.2, -0.15) is 0 Å². The number of likely N-dealkylation sites (tertiary alicyclic amines) is 1. The molecule has 3 rings (SSSR count). The molecule has 1 aromatic carbocycles. The summed E-state index contributed by atoms with van der Waals surface area (Å²) in [5, 5.41) is 12.6. The molecule has 0 bridgehead atoms. The van der Waals surface area contributed by atoms with Crippen LogP contribution in [0.15, 0.2) is 30.3 Å². The lowest BCUT2D eigenvalue weighted by molar-refractivity contribution is 0.117. The fourth-order valence-electron chi connectivity index (χ4n) is 3.65. The summed E-state index contributed by atoms with van der Waals surface area (Å²) in [6, 6.07) is 10.9. The van der Waals surface area contributed by atoms with Gasteiger partial charge < -0.3 is 15.3 Å². The van der Waals surface area contributed by atoms with Crippen LogP contribution in [0.1, 0.15) is 37.8 Å². The number of nitrogens with zero attached hydrogens (tertiary/aromatic N) is 1. The van der Waals surface area contributed by atoms with Crippen molar-refractivity contribution in [2.75, 3.05) is 19.6 Å². The average molecular weight is 288 g/mol. The van der Waals surface area contributed by atoms with E-state index in [0.29, 0.717) is 24.5 Å². The smallest absolute Gasteiger partial charge is 0.407 e. The van der Waals surface area contributed by atoms with Gasteiger partial charge in [0.25, 0.3) is 0 Å². The highest BCUT2D eigenvalue weighted by atomic mass is 16.4. The zero-order valence-electron chi connectivity index (χ0n) is 12.6. The minimum Gasteiger partial charge on any atom is -0.465 e. The average Bonchev–Trinajstić information content (AvgIpc) is 3.18. The first kappa shape index (κ1) is 14.4. The molecule has 1 aliphatic heterocycles. The lowest BCUT2D eigenvalue weighted by atomic mass is 9.91. The molecule has 0 radical (unpaired) electrons. The van der Waals surface area contributed by atoms with Crippen molar-refractivity contribution >= 4 is 6.09 Å². The molecule has 2 aliphatic rings. The first-order valence-corrected chi connectivity index (χ1v) is 7.87. The van der Waals surface area contributed by atoms with Crippen LogP contribution in [0.4, 0.5) is 4.79 Å². The molecule has 1 saturated carbocycles. The third kappa shape index (κ3) is 3.05. The van der Waals surface area contributed by atoms with Crippen molar-refractivity contribution in [3.8, 4) is 0 Å². The molecule has 114 valence electrons. The van der Waals surface area contributed by atoms with Crippen molar-refractivity contribution in [3.63, 3.8) is 0 Å². The predicted octanol–water partition coefficient (Wildman–Crippen LogP) is 3.12. The highest BCUT2D eigenvalue weighted by Gasteiger charge is 2.54.